The van der Waals surface area contributed by atoms with Crippen molar-refractivity contribution in [3.05, 3.63) is 105 Å². The van der Waals surface area contributed by atoms with Gasteiger partial charge >= 0.3 is 0 Å². The molecule has 0 saturated heterocycles. The summed E-state index contributed by atoms with van der Waals surface area (Å²) in [4.78, 5) is 32.3. The molecule has 37 heavy (non-hydrogen) atoms. The zero-order valence-corrected chi connectivity index (χ0v) is 20.9. The number of aromatic nitrogens is 3. The maximum absolute atomic E-state index is 13.3. The van der Waals surface area contributed by atoms with Crippen LogP contribution in [0.1, 0.15) is 31.5 Å². The van der Waals surface area contributed by atoms with Crippen LogP contribution >= 0.6 is 0 Å². The third-order valence-electron chi connectivity index (χ3n) is 5.49. The monoisotopic (exact) mass is 520 g/mol. The lowest BCUT2D eigenvalue weighted by atomic mass is 10.1. The predicted molar refractivity (Wildman–Crippen MR) is 140 cm³/mol. The molecule has 2 aromatic carbocycles. The van der Waals surface area contributed by atoms with Crippen LogP contribution in [0.4, 0.5) is 17.2 Å². The van der Waals surface area contributed by atoms with Gasteiger partial charge in [-0.15, -0.1) is 0 Å². The Labute approximate surface area is 212 Å². The minimum Gasteiger partial charge on any atom is -0.294 e. The van der Waals surface area contributed by atoms with Crippen molar-refractivity contribution in [2.75, 3.05) is 4.72 Å². The van der Waals surface area contributed by atoms with Crippen molar-refractivity contribution in [1.29, 1.82) is 0 Å². The van der Waals surface area contributed by atoms with E-state index >= 15 is 0 Å². The van der Waals surface area contributed by atoms with Gasteiger partial charge in [-0.25, -0.2) is 18.1 Å². The molecular formula is C25H24N6O5S. The van der Waals surface area contributed by atoms with Gasteiger partial charge < -0.3 is 0 Å². The molecule has 0 amide bonds. The number of H-pyrrole nitrogens is 1. The van der Waals surface area contributed by atoms with Crippen molar-refractivity contribution in [1.82, 2.24) is 14.8 Å². The summed E-state index contributed by atoms with van der Waals surface area (Å²) in [5, 5.41) is 14.0. The standard InChI is InChI=1S/C25H24N6O5S/c1-3-6-22-24(25(32)30(28-22)19-10-12-20(13-11-19)31(33)34)17(2)27-18-8-14-21(15-9-18)37(35,36)29-23-7-4-5-16-26-23/h4-5,7-16,28H,3,6H2,1-2H3,(H,26,29). The molecule has 4 rings (SSSR count). The number of nitro benzene ring substituents is 1. The molecule has 2 N–H and O–H groups in total. The van der Waals surface area contributed by atoms with Crippen LogP contribution in [-0.4, -0.2) is 33.8 Å². The van der Waals surface area contributed by atoms with E-state index < -0.39 is 14.9 Å². The molecule has 2 heterocycles. The number of nitrogens with zero attached hydrogens (tertiary/aromatic N) is 4. The van der Waals surface area contributed by atoms with Crippen LogP contribution in [0.25, 0.3) is 5.69 Å². The van der Waals surface area contributed by atoms with Crippen LogP contribution in [-0.2, 0) is 16.4 Å². The van der Waals surface area contributed by atoms with E-state index in [0.29, 0.717) is 34.8 Å². The van der Waals surface area contributed by atoms with Crippen LogP contribution in [0.2, 0.25) is 0 Å². The van der Waals surface area contributed by atoms with Crippen molar-refractivity contribution in [3.63, 3.8) is 0 Å². The van der Waals surface area contributed by atoms with Crippen LogP contribution < -0.4 is 10.3 Å². The number of hydrogen-bond donors (Lipinski definition) is 2. The zero-order chi connectivity index (χ0) is 26.6. The van der Waals surface area contributed by atoms with Crippen molar-refractivity contribution < 1.29 is 13.3 Å². The molecule has 0 bridgehead atoms. The summed E-state index contributed by atoms with van der Waals surface area (Å²) in [6.07, 6.45) is 2.85. The second-order valence-electron chi connectivity index (χ2n) is 8.14. The van der Waals surface area contributed by atoms with Crippen molar-refractivity contribution >= 4 is 32.9 Å². The number of pyridine rings is 1. The third kappa shape index (κ3) is 5.64. The van der Waals surface area contributed by atoms with Gasteiger partial charge in [-0.2, -0.15) is 0 Å². The van der Waals surface area contributed by atoms with Gasteiger partial charge in [-0.3, -0.25) is 29.7 Å². The summed E-state index contributed by atoms with van der Waals surface area (Å²) in [6, 6.07) is 16.5. The first-order chi connectivity index (χ1) is 17.7. The summed E-state index contributed by atoms with van der Waals surface area (Å²) in [7, 11) is -3.83. The first kappa shape index (κ1) is 25.5. The number of hydrogen-bond acceptors (Lipinski definition) is 7. The van der Waals surface area contributed by atoms with E-state index in [0.717, 1.165) is 6.42 Å². The molecule has 4 aromatic rings. The Morgan fingerprint density at radius 3 is 2.41 bits per heavy atom. The SMILES string of the molecule is CCCc1[nH]n(-c2ccc([N+](=O)[O-])cc2)c(=O)c1C(C)=Nc1ccc(S(=O)(=O)Nc2ccccn2)cc1. The van der Waals surface area contributed by atoms with Gasteiger partial charge in [0, 0.05) is 24.0 Å². The highest BCUT2D eigenvalue weighted by atomic mass is 32.2. The van der Waals surface area contributed by atoms with Crippen molar-refractivity contribution in [2.45, 2.75) is 31.6 Å². The smallest absolute Gasteiger partial charge is 0.280 e. The summed E-state index contributed by atoms with van der Waals surface area (Å²) < 4.78 is 29.0. The quantitative estimate of drug-likeness (QED) is 0.190. The highest BCUT2D eigenvalue weighted by molar-refractivity contribution is 7.92. The lowest BCUT2D eigenvalue weighted by Gasteiger charge is -2.07. The Balaban J connectivity index is 1.64. The molecule has 0 spiro atoms. The first-order valence-electron chi connectivity index (χ1n) is 11.4. The molecule has 0 aliphatic heterocycles. The van der Waals surface area contributed by atoms with Gasteiger partial charge in [0.15, 0.2) is 0 Å². The molecule has 2 aromatic heterocycles. The summed E-state index contributed by atoms with van der Waals surface area (Å²) >= 11 is 0. The van der Waals surface area contributed by atoms with Gasteiger partial charge in [-0.1, -0.05) is 19.4 Å². The fourth-order valence-electron chi connectivity index (χ4n) is 3.76. The second kappa shape index (κ2) is 10.6. The molecule has 0 unspecified atom stereocenters. The van der Waals surface area contributed by atoms with Crippen molar-refractivity contribution in [3.8, 4) is 5.69 Å². The normalized spacial score (nSPS) is 11.9. The Morgan fingerprint density at radius 1 is 1.11 bits per heavy atom. The predicted octanol–water partition coefficient (Wildman–Crippen LogP) is 4.36. The Hall–Kier alpha value is -4.58. The van der Waals surface area contributed by atoms with Gasteiger partial charge in [-0.05, 0) is 61.9 Å². The number of nitro groups is 1. The molecule has 0 saturated carbocycles. The summed E-state index contributed by atoms with van der Waals surface area (Å²) in [5.74, 6) is 0.209. The fourth-order valence-corrected chi connectivity index (χ4v) is 4.77. The van der Waals surface area contributed by atoms with Crippen LogP contribution in [0.5, 0.6) is 0 Å². The largest absolute Gasteiger partial charge is 0.294 e. The van der Waals surface area contributed by atoms with Gasteiger partial charge in [0.2, 0.25) is 0 Å². The third-order valence-corrected chi connectivity index (χ3v) is 6.86. The minimum atomic E-state index is -3.83. The highest BCUT2D eigenvalue weighted by Gasteiger charge is 2.19. The summed E-state index contributed by atoms with van der Waals surface area (Å²) in [6.45, 7) is 3.69. The molecule has 0 aliphatic carbocycles. The Bertz CT molecular complexity index is 1610. The number of rotatable bonds is 9. The highest BCUT2D eigenvalue weighted by Crippen LogP contribution is 2.21. The molecule has 190 valence electrons. The van der Waals surface area contributed by atoms with E-state index in [2.05, 4.69) is 19.8 Å². The Morgan fingerprint density at radius 2 is 1.81 bits per heavy atom. The molecule has 0 radical (unpaired) electrons. The number of non-ortho nitro benzene ring substituents is 1. The van der Waals surface area contributed by atoms with Gasteiger partial charge in [0.25, 0.3) is 21.3 Å². The van der Waals surface area contributed by atoms with Crippen LogP contribution in [0.15, 0.2) is 87.6 Å². The van der Waals surface area contributed by atoms with E-state index in [-0.39, 0.29) is 22.0 Å². The topological polar surface area (TPSA) is 152 Å². The molecule has 11 nitrogen and oxygen atoms in total. The Kier molecular flexibility index (Phi) is 7.30. The fraction of sp³-hybridized carbons (Fsp3) is 0.160. The number of aromatic amines is 1. The number of benzene rings is 2. The molecule has 0 atom stereocenters. The molecular weight excluding hydrogens is 496 g/mol. The maximum Gasteiger partial charge on any atom is 0.280 e. The molecule has 0 fully saturated rings. The average Bonchev–Trinajstić information content (AvgIpc) is 3.20. The van der Waals surface area contributed by atoms with Crippen LogP contribution in [0, 0.1) is 10.1 Å². The van der Waals surface area contributed by atoms with E-state index in [1.54, 1.807) is 37.3 Å². The van der Waals surface area contributed by atoms with Gasteiger partial charge in [0.05, 0.1) is 32.5 Å². The number of aliphatic imine (C=N–C) groups is 1. The number of anilines is 1. The van der Waals surface area contributed by atoms with E-state index in [1.807, 2.05) is 6.92 Å². The van der Waals surface area contributed by atoms with E-state index in [4.69, 9.17) is 0 Å². The van der Waals surface area contributed by atoms with E-state index in [1.165, 1.54) is 47.3 Å². The average molecular weight is 521 g/mol. The van der Waals surface area contributed by atoms with Crippen molar-refractivity contribution in [2.24, 2.45) is 4.99 Å². The lowest BCUT2D eigenvalue weighted by Crippen LogP contribution is -2.19. The molecule has 12 heteroatoms. The zero-order valence-electron chi connectivity index (χ0n) is 20.1. The van der Waals surface area contributed by atoms with Crippen LogP contribution in [0.3, 0.4) is 0 Å². The number of sulfonamides is 1. The second-order valence-corrected chi connectivity index (χ2v) is 9.82. The summed E-state index contributed by atoms with van der Waals surface area (Å²) in [5.41, 5.74) is 2.06. The maximum atomic E-state index is 13.3. The lowest BCUT2D eigenvalue weighted by molar-refractivity contribution is -0.384. The number of nitrogens with one attached hydrogen (secondary N) is 2. The minimum absolute atomic E-state index is 0.0450. The van der Waals surface area contributed by atoms with E-state index in [9.17, 15) is 23.3 Å². The first-order valence-corrected chi connectivity index (χ1v) is 12.9. The molecule has 0 aliphatic rings. The van der Waals surface area contributed by atoms with Gasteiger partial charge in [0.1, 0.15) is 5.82 Å². The number of aryl methyl sites for hydroxylation is 1.